The molecule has 0 saturated carbocycles. The van der Waals surface area contributed by atoms with Crippen LogP contribution in [-0.4, -0.2) is 35.1 Å². The first-order valence-corrected chi connectivity index (χ1v) is 7.97. The Hall–Kier alpha value is -1.42. The van der Waals surface area contributed by atoms with Gasteiger partial charge in [0, 0.05) is 35.9 Å². The van der Waals surface area contributed by atoms with Crippen LogP contribution in [0.3, 0.4) is 0 Å². The highest BCUT2D eigenvalue weighted by Gasteiger charge is 2.35. The molecule has 1 aromatic carbocycles. The highest BCUT2D eigenvalue weighted by atomic mass is 32.2. The van der Waals surface area contributed by atoms with Crippen LogP contribution in [0.4, 0.5) is 8.78 Å². The summed E-state index contributed by atoms with van der Waals surface area (Å²) in [6.45, 7) is 0.0662. The molecule has 1 aliphatic rings. The van der Waals surface area contributed by atoms with E-state index in [2.05, 4.69) is 0 Å². The molecule has 9 heteroatoms. The van der Waals surface area contributed by atoms with Gasteiger partial charge in [0.15, 0.2) is 0 Å². The summed E-state index contributed by atoms with van der Waals surface area (Å²) in [6, 6.07) is 1.91. The number of methoxy groups -OCH3 is 1. The van der Waals surface area contributed by atoms with Crippen molar-refractivity contribution in [1.29, 1.82) is 0 Å². The van der Waals surface area contributed by atoms with Gasteiger partial charge in [-0.1, -0.05) is 0 Å². The Morgan fingerprint density at radius 2 is 2.22 bits per heavy atom. The van der Waals surface area contributed by atoms with Crippen molar-refractivity contribution >= 4 is 17.2 Å². The summed E-state index contributed by atoms with van der Waals surface area (Å²) < 4.78 is 61.2. The molecule has 1 saturated heterocycles. The monoisotopic (exact) mass is 348 g/mol. The molecule has 1 heterocycles. The lowest BCUT2D eigenvalue weighted by molar-refractivity contribution is -0.149. The van der Waals surface area contributed by atoms with Gasteiger partial charge in [0.2, 0.25) is 0 Å². The third kappa shape index (κ3) is 4.31. The zero-order chi connectivity index (χ0) is 17.0. The SMILES string of the molecule is COC(=O)[C@H]1CCOC[C@@H]1c1cc(F)c(CNS(=O)[O-])cc1F. The van der Waals surface area contributed by atoms with E-state index in [0.29, 0.717) is 13.0 Å². The quantitative estimate of drug-likeness (QED) is 0.637. The van der Waals surface area contributed by atoms with Crippen molar-refractivity contribution in [2.24, 2.45) is 5.92 Å². The lowest BCUT2D eigenvalue weighted by Gasteiger charge is -2.30. The average molecular weight is 348 g/mol. The molecule has 1 aliphatic heterocycles. The van der Waals surface area contributed by atoms with Crippen LogP contribution in [0.15, 0.2) is 12.1 Å². The molecule has 1 fully saturated rings. The summed E-state index contributed by atoms with van der Waals surface area (Å²) in [4.78, 5) is 11.8. The second kappa shape index (κ2) is 7.91. The molecule has 1 N–H and O–H groups in total. The van der Waals surface area contributed by atoms with E-state index in [1.807, 2.05) is 4.72 Å². The van der Waals surface area contributed by atoms with Gasteiger partial charge in [0.1, 0.15) is 11.6 Å². The van der Waals surface area contributed by atoms with E-state index in [9.17, 15) is 22.3 Å². The van der Waals surface area contributed by atoms with Crippen LogP contribution >= 0.6 is 0 Å². The number of rotatable bonds is 5. The molecule has 0 aliphatic carbocycles. The first-order valence-electron chi connectivity index (χ1n) is 6.90. The molecule has 0 radical (unpaired) electrons. The van der Waals surface area contributed by atoms with Gasteiger partial charge < -0.3 is 14.0 Å². The average Bonchev–Trinajstić information content (AvgIpc) is 2.54. The Morgan fingerprint density at radius 3 is 2.87 bits per heavy atom. The Balaban J connectivity index is 2.29. The molecule has 128 valence electrons. The summed E-state index contributed by atoms with van der Waals surface area (Å²) >= 11 is -2.57. The summed E-state index contributed by atoms with van der Waals surface area (Å²) in [5, 5.41) is 0. The number of benzene rings is 1. The topological polar surface area (TPSA) is 87.7 Å². The van der Waals surface area contributed by atoms with Crippen LogP contribution in [-0.2, 0) is 32.1 Å². The van der Waals surface area contributed by atoms with Gasteiger partial charge >= 0.3 is 5.97 Å². The van der Waals surface area contributed by atoms with E-state index >= 15 is 0 Å². The minimum atomic E-state index is -2.57. The van der Waals surface area contributed by atoms with Gasteiger partial charge in [0.05, 0.1) is 19.6 Å². The van der Waals surface area contributed by atoms with E-state index in [1.165, 1.54) is 7.11 Å². The Kier molecular flexibility index (Phi) is 6.17. The fraction of sp³-hybridized carbons (Fsp3) is 0.500. The maximum absolute atomic E-state index is 14.3. The zero-order valence-electron chi connectivity index (χ0n) is 12.3. The minimum absolute atomic E-state index is 0.0181. The number of carbonyl (C=O) groups excluding carboxylic acids is 1. The molecule has 0 aromatic heterocycles. The number of carbonyl (C=O) groups is 1. The highest BCUT2D eigenvalue weighted by Crippen LogP contribution is 2.34. The van der Waals surface area contributed by atoms with Crippen molar-refractivity contribution in [3.05, 3.63) is 34.9 Å². The molecule has 0 bridgehead atoms. The summed E-state index contributed by atoms with van der Waals surface area (Å²) in [5.41, 5.74) is -0.105. The Labute approximate surface area is 134 Å². The molecule has 23 heavy (non-hydrogen) atoms. The van der Waals surface area contributed by atoms with Crippen LogP contribution in [0.1, 0.15) is 23.5 Å². The van der Waals surface area contributed by atoms with Gasteiger partial charge in [-0.2, -0.15) is 0 Å². The van der Waals surface area contributed by atoms with Gasteiger partial charge in [-0.25, -0.2) is 13.5 Å². The maximum atomic E-state index is 14.3. The number of ether oxygens (including phenoxy) is 2. The van der Waals surface area contributed by atoms with E-state index in [0.717, 1.165) is 12.1 Å². The first-order chi connectivity index (χ1) is 10.9. The standard InChI is InChI=1S/C14H17F2NO5S/c1-21-14(18)9-2-3-22-7-11(9)10-5-12(15)8(4-13(10)16)6-17-23(19)20/h4-5,9,11,17H,2-3,6-7H2,1H3,(H,19,20)/p-1/t9-,11-/m0/s1. The Bertz CT molecular complexity index is 613. The smallest absolute Gasteiger partial charge is 0.309 e. The zero-order valence-corrected chi connectivity index (χ0v) is 13.2. The van der Waals surface area contributed by atoms with E-state index in [4.69, 9.17) is 9.47 Å². The highest BCUT2D eigenvalue weighted by molar-refractivity contribution is 7.77. The third-order valence-corrected chi connectivity index (χ3v) is 4.19. The van der Waals surface area contributed by atoms with Crippen LogP contribution in [0, 0.1) is 17.6 Å². The molecule has 0 spiro atoms. The van der Waals surface area contributed by atoms with Crippen molar-refractivity contribution in [3.63, 3.8) is 0 Å². The number of halogens is 2. The van der Waals surface area contributed by atoms with E-state index < -0.39 is 40.7 Å². The van der Waals surface area contributed by atoms with Gasteiger partial charge in [-0.3, -0.25) is 9.00 Å². The van der Waals surface area contributed by atoms with E-state index in [-0.39, 0.29) is 24.3 Å². The number of esters is 1. The molecule has 2 rings (SSSR count). The lowest BCUT2D eigenvalue weighted by Crippen LogP contribution is -2.33. The molecule has 6 nitrogen and oxygen atoms in total. The number of hydrogen-bond donors (Lipinski definition) is 1. The van der Waals surface area contributed by atoms with Gasteiger partial charge in [-0.15, -0.1) is 0 Å². The molecule has 0 amide bonds. The Morgan fingerprint density at radius 1 is 1.48 bits per heavy atom. The van der Waals surface area contributed by atoms with Crippen molar-refractivity contribution in [3.8, 4) is 0 Å². The van der Waals surface area contributed by atoms with Crippen LogP contribution in [0.25, 0.3) is 0 Å². The number of nitrogens with one attached hydrogen (secondary N) is 1. The molecule has 1 unspecified atom stereocenters. The fourth-order valence-electron chi connectivity index (χ4n) is 2.64. The molecular weight excluding hydrogens is 332 g/mol. The predicted octanol–water partition coefficient (Wildman–Crippen LogP) is 1.14. The summed E-state index contributed by atoms with van der Waals surface area (Å²) in [5.74, 6) is -3.23. The third-order valence-electron chi connectivity index (χ3n) is 3.81. The van der Waals surface area contributed by atoms with Crippen LogP contribution in [0.5, 0.6) is 0 Å². The van der Waals surface area contributed by atoms with Crippen LogP contribution in [0.2, 0.25) is 0 Å². The second-order valence-corrected chi connectivity index (χ2v) is 5.88. The van der Waals surface area contributed by atoms with Crippen molar-refractivity contribution in [1.82, 2.24) is 4.72 Å². The summed E-state index contributed by atoms with van der Waals surface area (Å²) in [7, 11) is 1.24. The van der Waals surface area contributed by atoms with Gasteiger partial charge in [-0.05, 0) is 24.1 Å². The van der Waals surface area contributed by atoms with Gasteiger partial charge in [0.25, 0.3) is 0 Å². The molecule has 3 atom stereocenters. The molecular formula is C14H16F2NO5S-. The predicted molar refractivity (Wildman–Crippen MR) is 75.8 cm³/mol. The normalized spacial score (nSPS) is 22.6. The number of hydrogen-bond acceptors (Lipinski definition) is 5. The first kappa shape index (κ1) is 17.9. The van der Waals surface area contributed by atoms with E-state index in [1.54, 1.807) is 0 Å². The van der Waals surface area contributed by atoms with Crippen molar-refractivity contribution < 1.29 is 31.8 Å². The largest absolute Gasteiger partial charge is 0.760 e. The maximum Gasteiger partial charge on any atom is 0.309 e. The minimum Gasteiger partial charge on any atom is -0.760 e. The van der Waals surface area contributed by atoms with Crippen molar-refractivity contribution in [2.45, 2.75) is 18.9 Å². The second-order valence-electron chi connectivity index (χ2n) is 5.12. The summed E-state index contributed by atoms with van der Waals surface area (Å²) in [6.07, 6.45) is 0.358. The molecule has 1 aromatic rings. The lowest BCUT2D eigenvalue weighted by atomic mass is 9.82. The fourth-order valence-corrected chi connectivity index (χ4v) is 2.91. The van der Waals surface area contributed by atoms with Crippen LogP contribution < -0.4 is 4.72 Å². The van der Waals surface area contributed by atoms with Crippen molar-refractivity contribution in [2.75, 3.05) is 20.3 Å².